The zero-order valence-corrected chi connectivity index (χ0v) is 12.5. The molecule has 110 valence electrons. The molecule has 1 aliphatic heterocycles. The number of fused-ring (bicyclic) bond motifs is 1. The number of rotatable bonds is 4. The van der Waals surface area contributed by atoms with E-state index in [4.69, 9.17) is 10.5 Å². The highest BCUT2D eigenvalue weighted by molar-refractivity contribution is 5.37. The average Bonchev–Trinajstić information content (AvgIpc) is 2.54. The Labute approximate surface area is 126 Å². The molecule has 0 saturated heterocycles. The van der Waals surface area contributed by atoms with Crippen molar-refractivity contribution < 1.29 is 4.74 Å². The Hall–Kier alpha value is -1.84. The molecule has 0 spiro atoms. The molecule has 0 aromatic heterocycles. The van der Waals surface area contributed by atoms with Crippen LogP contribution in [0.1, 0.15) is 22.3 Å². The second kappa shape index (κ2) is 6.29. The summed E-state index contributed by atoms with van der Waals surface area (Å²) >= 11 is 0. The van der Waals surface area contributed by atoms with E-state index in [1.807, 2.05) is 6.07 Å². The number of hydrogen-bond acceptors (Lipinski definition) is 3. The molecule has 21 heavy (non-hydrogen) atoms. The van der Waals surface area contributed by atoms with E-state index in [1.54, 1.807) is 7.11 Å². The first kappa shape index (κ1) is 14.1. The average molecular weight is 282 g/mol. The van der Waals surface area contributed by atoms with Crippen LogP contribution < -0.4 is 10.5 Å². The Morgan fingerprint density at radius 1 is 1.14 bits per heavy atom. The minimum absolute atomic E-state index is 0.514. The van der Waals surface area contributed by atoms with Gasteiger partial charge in [0.25, 0.3) is 0 Å². The van der Waals surface area contributed by atoms with Gasteiger partial charge >= 0.3 is 0 Å². The third-order valence-electron chi connectivity index (χ3n) is 4.18. The molecule has 0 fully saturated rings. The highest BCUT2D eigenvalue weighted by atomic mass is 16.5. The van der Waals surface area contributed by atoms with Crippen molar-refractivity contribution >= 4 is 0 Å². The molecule has 3 nitrogen and oxygen atoms in total. The van der Waals surface area contributed by atoms with Crippen molar-refractivity contribution in [3.63, 3.8) is 0 Å². The van der Waals surface area contributed by atoms with Crippen LogP contribution in [0.3, 0.4) is 0 Å². The summed E-state index contributed by atoms with van der Waals surface area (Å²) in [6, 6.07) is 15.1. The summed E-state index contributed by atoms with van der Waals surface area (Å²) in [7, 11) is 1.69. The number of nitrogens with two attached hydrogens (primary N) is 1. The molecular formula is C18H22N2O. The first-order valence-electron chi connectivity index (χ1n) is 7.45. The second-order valence-corrected chi connectivity index (χ2v) is 5.58. The van der Waals surface area contributed by atoms with Gasteiger partial charge in [-0.1, -0.05) is 30.3 Å². The fourth-order valence-electron chi connectivity index (χ4n) is 3.04. The van der Waals surface area contributed by atoms with Gasteiger partial charge in [0, 0.05) is 31.7 Å². The van der Waals surface area contributed by atoms with Crippen molar-refractivity contribution in [2.45, 2.75) is 26.1 Å². The maximum Gasteiger partial charge on any atom is 0.123 e. The van der Waals surface area contributed by atoms with Crippen LogP contribution in [-0.2, 0) is 26.1 Å². The zero-order chi connectivity index (χ0) is 14.7. The van der Waals surface area contributed by atoms with Crippen LogP contribution in [0.2, 0.25) is 0 Å². The fourth-order valence-corrected chi connectivity index (χ4v) is 3.04. The minimum atomic E-state index is 0.514. The van der Waals surface area contributed by atoms with Gasteiger partial charge in [0.2, 0.25) is 0 Å². The lowest BCUT2D eigenvalue weighted by Crippen LogP contribution is -2.30. The van der Waals surface area contributed by atoms with Crippen LogP contribution in [0.5, 0.6) is 5.75 Å². The quantitative estimate of drug-likeness (QED) is 0.937. The molecule has 0 unspecified atom stereocenters. The summed E-state index contributed by atoms with van der Waals surface area (Å²) in [6.45, 7) is 3.62. The summed E-state index contributed by atoms with van der Waals surface area (Å²) < 4.78 is 5.33. The first-order chi connectivity index (χ1) is 10.3. The van der Waals surface area contributed by atoms with Gasteiger partial charge in [0.1, 0.15) is 5.75 Å². The zero-order valence-electron chi connectivity index (χ0n) is 12.5. The Bertz CT molecular complexity index is 624. The van der Waals surface area contributed by atoms with Crippen LogP contribution in [0.25, 0.3) is 0 Å². The first-order valence-corrected chi connectivity index (χ1v) is 7.45. The van der Waals surface area contributed by atoms with Crippen molar-refractivity contribution in [1.29, 1.82) is 0 Å². The van der Waals surface area contributed by atoms with Gasteiger partial charge in [-0.3, -0.25) is 4.90 Å². The summed E-state index contributed by atoms with van der Waals surface area (Å²) in [5.41, 5.74) is 11.1. The molecular weight excluding hydrogens is 260 g/mol. The maximum absolute atomic E-state index is 5.80. The Balaban J connectivity index is 1.73. The predicted octanol–water partition coefficient (Wildman–Crippen LogP) is 2.71. The van der Waals surface area contributed by atoms with E-state index >= 15 is 0 Å². The predicted molar refractivity (Wildman–Crippen MR) is 85.1 cm³/mol. The van der Waals surface area contributed by atoms with E-state index < -0.39 is 0 Å². The Kier molecular flexibility index (Phi) is 4.23. The number of ether oxygens (including phenoxy) is 1. The highest BCUT2D eigenvalue weighted by Gasteiger charge is 2.16. The van der Waals surface area contributed by atoms with Gasteiger partial charge in [0.15, 0.2) is 0 Å². The highest BCUT2D eigenvalue weighted by Crippen LogP contribution is 2.23. The Morgan fingerprint density at radius 3 is 2.71 bits per heavy atom. The van der Waals surface area contributed by atoms with Gasteiger partial charge in [-0.2, -0.15) is 0 Å². The van der Waals surface area contributed by atoms with E-state index in [0.717, 1.165) is 37.4 Å². The van der Waals surface area contributed by atoms with Crippen LogP contribution in [0.15, 0.2) is 42.5 Å². The van der Waals surface area contributed by atoms with Crippen molar-refractivity contribution in [3.8, 4) is 5.75 Å². The summed E-state index contributed by atoms with van der Waals surface area (Å²) in [6.07, 6.45) is 1.13. The fraction of sp³-hybridized carbons (Fsp3) is 0.333. The van der Waals surface area contributed by atoms with E-state index in [9.17, 15) is 0 Å². The van der Waals surface area contributed by atoms with Crippen molar-refractivity contribution in [1.82, 2.24) is 4.90 Å². The topological polar surface area (TPSA) is 38.5 Å². The van der Waals surface area contributed by atoms with Gasteiger partial charge in [-0.05, 0) is 35.2 Å². The van der Waals surface area contributed by atoms with Crippen molar-refractivity contribution in [2.24, 2.45) is 5.73 Å². The molecule has 2 N–H and O–H groups in total. The van der Waals surface area contributed by atoms with Gasteiger partial charge in [0.05, 0.1) is 7.11 Å². The number of nitrogens with zero attached hydrogens (tertiary/aromatic N) is 1. The van der Waals surface area contributed by atoms with Gasteiger partial charge < -0.3 is 10.5 Å². The molecule has 0 radical (unpaired) electrons. The molecule has 2 aromatic carbocycles. The summed E-state index contributed by atoms with van der Waals surface area (Å²) in [4.78, 5) is 2.49. The maximum atomic E-state index is 5.80. The molecule has 1 aliphatic rings. The number of benzene rings is 2. The SMILES string of the molecule is COc1ccc(CN2CCc3ccccc3C2)cc1CN. The largest absolute Gasteiger partial charge is 0.496 e. The smallest absolute Gasteiger partial charge is 0.123 e. The third kappa shape index (κ3) is 3.09. The molecule has 0 atom stereocenters. The molecule has 3 rings (SSSR count). The molecule has 0 saturated carbocycles. The van der Waals surface area contributed by atoms with Crippen LogP contribution in [0, 0.1) is 0 Å². The van der Waals surface area contributed by atoms with Crippen LogP contribution in [0.4, 0.5) is 0 Å². The van der Waals surface area contributed by atoms with Crippen LogP contribution >= 0.6 is 0 Å². The van der Waals surface area contributed by atoms with E-state index in [-0.39, 0.29) is 0 Å². The van der Waals surface area contributed by atoms with E-state index in [1.165, 1.54) is 16.7 Å². The lowest BCUT2D eigenvalue weighted by Gasteiger charge is -2.29. The molecule has 1 heterocycles. The number of hydrogen-bond donors (Lipinski definition) is 1. The summed E-state index contributed by atoms with van der Waals surface area (Å²) in [5.74, 6) is 0.880. The van der Waals surface area contributed by atoms with E-state index in [0.29, 0.717) is 6.54 Å². The second-order valence-electron chi connectivity index (χ2n) is 5.58. The monoisotopic (exact) mass is 282 g/mol. The minimum Gasteiger partial charge on any atom is -0.496 e. The van der Waals surface area contributed by atoms with Gasteiger partial charge in [-0.25, -0.2) is 0 Å². The number of methoxy groups -OCH3 is 1. The van der Waals surface area contributed by atoms with Crippen molar-refractivity contribution in [3.05, 3.63) is 64.7 Å². The third-order valence-corrected chi connectivity index (χ3v) is 4.18. The lowest BCUT2D eigenvalue weighted by molar-refractivity contribution is 0.245. The van der Waals surface area contributed by atoms with Gasteiger partial charge in [-0.15, -0.1) is 0 Å². The Morgan fingerprint density at radius 2 is 1.95 bits per heavy atom. The summed E-state index contributed by atoms with van der Waals surface area (Å²) in [5, 5.41) is 0. The molecule has 0 bridgehead atoms. The normalized spacial score (nSPS) is 14.8. The standard InChI is InChI=1S/C18H22N2O/c1-21-18-7-6-14(10-17(18)11-19)12-20-9-8-15-4-2-3-5-16(15)13-20/h2-7,10H,8-9,11-13,19H2,1H3. The molecule has 2 aromatic rings. The van der Waals surface area contributed by atoms with E-state index in [2.05, 4.69) is 41.3 Å². The molecule has 3 heteroatoms. The van der Waals surface area contributed by atoms with Crippen LogP contribution in [-0.4, -0.2) is 18.6 Å². The lowest BCUT2D eigenvalue weighted by atomic mass is 9.99. The molecule has 0 amide bonds. The van der Waals surface area contributed by atoms with Crippen molar-refractivity contribution in [2.75, 3.05) is 13.7 Å². The molecule has 0 aliphatic carbocycles.